The second-order valence-corrected chi connectivity index (χ2v) is 5.91. The highest BCUT2D eigenvalue weighted by Gasteiger charge is 2.43. The van der Waals surface area contributed by atoms with Crippen molar-refractivity contribution in [3.63, 3.8) is 0 Å². The molecule has 2 aliphatic rings. The van der Waals surface area contributed by atoms with E-state index in [1.165, 1.54) is 6.20 Å². The summed E-state index contributed by atoms with van der Waals surface area (Å²) in [5.41, 5.74) is -0.658. The minimum Gasteiger partial charge on any atom is -0.352 e. The van der Waals surface area contributed by atoms with E-state index in [0.717, 1.165) is 25.6 Å². The normalized spacial score (nSPS) is 26.8. The van der Waals surface area contributed by atoms with Gasteiger partial charge in [-0.15, -0.1) is 0 Å². The Bertz CT molecular complexity index is 492. The molecule has 2 fully saturated rings. The van der Waals surface area contributed by atoms with Crippen LogP contribution in [0.5, 0.6) is 0 Å². The SMILES string of the molecule is FC(F)(F)c1cc(Br)cnc1N1CC[C@H]2CNC[C@H]21. The lowest BCUT2D eigenvalue weighted by Gasteiger charge is -2.27. The Balaban J connectivity index is 2.00. The molecule has 1 N–H and O–H groups in total. The average molecular weight is 336 g/mol. The molecule has 2 saturated heterocycles. The predicted molar refractivity (Wildman–Crippen MR) is 69.0 cm³/mol. The van der Waals surface area contributed by atoms with Crippen LogP contribution < -0.4 is 10.2 Å². The van der Waals surface area contributed by atoms with Gasteiger partial charge >= 0.3 is 6.18 Å². The number of hydrogen-bond acceptors (Lipinski definition) is 3. The van der Waals surface area contributed by atoms with Crippen LogP contribution in [0.3, 0.4) is 0 Å². The fraction of sp³-hybridized carbons (Fsp3) is 0.583. The molecule has 3 nitrogen and oxygen atoms in total. The van der Waals surface area contributed by atoms with Crippen LogP contribution in [0.1, 0.15) is 12.0 Å². The van der Waals surface area contributed by atoms with Crippen molar-refractivity contribution >= 4 is 21.7 Å². The van der Waals surface area contributed by atoms with Crippen LogP contribution in [-0.2, 0) is 6.18 Å². The predicted octanol–water partition coefficient (Wildman–Crippen LogP) is 2.66. The summed E-state index contributed by atoms with van der Waals surface area (Å²) in [5, 5.41) is 3.23. The minimum absolute atomic E-state index is 0.0619. The Hall–Kier alpha value is -0.820. The van der Waals surface area contributed by atoms with Crippen LogP contribution in [0.25, 0.3) is 0 Å². The van der Waals surface area contributed by atoms with Gasteiger partial charge in [0.05, 0.1) is 5.56 Å². The quantitative estimate of drug-likeness (QED) is 0.855. The molecule has 0 saturated carbocycles. The molecule has 3 heterocycles. The Kier molecular flexibility index (Phi) is 3.21. The van der Waals surface area contributed by atoms with E-state index in [4.69, 9.17) is 0 Å². The first-order chi connectivity index (χ1) is 8.97. The number of anilines is 1. The molecule has 0 aromatic carbocycles. The summed E-state index contributed by atoms with van der Waals surface area (Å²) in [5.74, 6) is 0.499. The van der Waals surface area contributed by atoms with E-state index in [9.17, 15) is 13.2 Å². The molecular weight excluding hydrogens is 323 g/mol. The molecule has 0 unspecified atom stereocenters. The highest BCUT2D eigenvalue weighted by atomic mass is 79.9. The van der Waals surface area contributed by atoms with Crippen molar-refractivity contribution in [2.24, 2.45) is 5.92 Å². The van der Waals surface area contributed by atoms with E-state index in [1.54, 1.807) is 4.90 Å². The molecule has 0 spiro atoms. The molecule has 2 atom stereocenters. The van der Waals surface area contributed by atoms with Crippen LogP contribution in [0, 0.1) is 5.92 Å². The lowest BCUT2D eigenvalue weighted by Crippen LogP contribution is -2.36. The molecule has 1 aromatic heterocycles. The first-order valence-electron chi connectivity index (χ1n) is 6.17. The van der Waals surface area contributed by atoms with Crippen molar-refractivity contribution in [1.82, 2.24) is 10.3 Å². The maximum absolute atomic E-state index is 13.1. The van der Waals surface area contributed by atoms with Crippen LogP contribution >= 0.6 is 15.9 Å². The number of rotatable bonds is 1. The zero-order chi connectivity index (χ0) is 13.6. The number of pyridine rings is 1. The zero-order valence-electron chi connectivity index (χ0n) is 10.0. The van der Waals surface area contributed by atoms with Crippen LogP contribution in [0.15, 0.2) is 16.7 Å². The Morgan fingerprint density at radius 2 is 2.16 bits per heavy atom. The summed E-state index contributed by atoms with van der Waals surface area (Å²) >= 11 is 3.06. The topological polar surface area (TPSA) is 28.2 Å². The maximum atomic E-state index is 13.1. The Labute approximate surface area is 117 Å². The fourth-order valence-corrected chi connectivity index (χ4v) is 3.31. The second-order valence-electron chi connectivity index (χ2n) is 4.99. The van der Waals surface area contributed by atoms with E-state index >= 15 is 0 Å². The summed E-state index contributed by atoms with van der Waals surface area (Å²) in [6, 6.07) is 1.24. The highest BCUT2D eigenvalue weighted by Crippen LogP contribution is 2.40. The number of fused-ring (bicyclic) bond motifs is 1. The van der Waals surface area contributed by atoms with Crippen molar-refractivity contribution in [3.8, 4) is 0 Å². The van der Waals surface area contributed by atoms with Gasteiger partial charge in [-0.2, -0.15) is 13.2 Å². The van der Waals surface area contributed by atoms with Crippen molar-refractivity contribution in [1.29, 1.82) is 0 Å². The molecule has 3 rings (SSSR count). The number of nitrogens with one attached hydrogen (secondary N) is 1. The number of aromatic nitrogens is 1. The van der Waals surface area contributed by atoms with Crippen LogP contribution in [-0.4, -0.2) is 30.7 Å². The molecule has 0 radical (unpaired) electrons. The van der Waals surface area contributed by atoms with Crippen molar-refractivity contribution in [3.05, 3.63) is 22.3 Å². The molecule has 2 aliphatic heterocycles. The third kappa shape index (κ3) is 2.33. The van der Waals surface area contributed by atoms with Gasteiger partial charge in [-0.3, -0.25) is 0 Å². The van der Waals surface area contributed by atoms with Crippen molar-refractivity contribution in [2.45, 2.75) is 18.6 Å². The Morgan fingerprint density at radius 1 is 1.37 bits per heavy atom. The molecule has 1 aromatic rings. The largest absolute Gasteiger partial charge is 0.419 e. The van der Waals surface area contributed by atoms with E-state index in [2.05, 4.69) is 26.2 Å². The second kappa shape index (κ2) is 4.63. The fourth-order valence-electron chi connectivity index (χ4n) is 2.98. The van der Waals surface area contributed by atoms with E-state index in [1.807, 2.05) is 0 Å². The molecule has 0 bridgehead atoms. The van der Waals surface area contributed by atoms with Crippen molar-refractivity contribution in [2.75, 3.05) is 24.5 Å². The molecule has 7 heteroatoms. The molecule has 0 amide bonds. The number of alkyl halides is 3. The summed E-state index contributed by atoms with van der Waals surface area (Å²) in [7, 11) is 0. The van der Waals surface area contributed by atoms with Crippen LogP contribution in [0.2, 0.25) is 0 Å². The van der Waals surface area contributed by atoms with Gasteiger partial charge in [0, 0.05) is 36.3 Å². The molecular formula is C12H13BrF3N3. The minimum atomic E-state index is -4.38. The van der Waals surface area contributed by atoms with E-state index in [0.29, 0.717) is 16.9 Å². The lowest BCUT2D eigenvalue weighted by molar-refractivity contribution is -0.137. The molecule has 19 heavy (non-hydrogen) atoms. The zero-order valence-corrected chi connectivity index (χ0v) is 11.6. The van der Waals surface area contributed by atoms with E-state index < -0.39 is 11.7 Å². The highest BCUT2D eigenvalue weighted by molar-refractivity contribution is 9.10. The van der Waals surface area contributed by atoms with Crippen molar-refractivity contribution < 1.29 is 13.2 Å². The van der Waals surface area contributed by atoms with E-state index in [-0.39, 0.29) is 11.9 Å². The summed E-state index contributed by atoms with van der Waals surface area (Å²) in [4.78, 5) is 5.82. The maximum Gasteiger partial charge on any atom is 0.419 e. The van der Waals surface area contributed by atoms with Gasteiger partial charge in [0.2, 0.25) is 0 Å². The smallest absolute Gasteiger partial charge is 0.352 e. The van der Waals surface area contributed by atoms with Crippen LogP contribution in [0.4, 0.5) is 19.0 Å². The average Bonchev–Trinajstić information content (AvgIpc) is 2.90. The molecule has 0 aliphatic carbocycles. The third-order valence-electron chi connectivity index (χ3n) is 3.86. The van der Waals surface area contributed by atoms with Gasteiger partial charge in [-0.05, 0) is 34.3 Å². The summed E-state index contributed by atoms with van der Waals surface area (Å²) in [6.07, 6.45) is -2.02. The Morgan fingerprint density at radius 3 is 2.89 bits per heavy atom. The first kappa shape index (κ1) is 13.2. The summed E-state index contributed by atoms with van der Waals surface area (Å²) in [6.45, 7) is 2.27. The van der Waals surface area contributed by atoms with Gasteiger partial charge < -0.3 is 10.2 Å². The first-order valence-corrected chi connectivity index (χ1v) is 6.96. The molecule has 104 valence electrons. The van der Waals surface area contributed by atoms with Gasteiger partial charge in [-0.1, -0.05) is 0 Å². The number of hydrogen-bond donors (Lipinski definition) is 1. The number of halogens is 4. The number of nitrogens with zero attached hydrogens (tertiary/aromatic N) is 2. The third-order valence-corrected chi connectivity index (χ3v) is 4.29. The summed E-state index contributed by atoms with van der Waals surface area (Å²) < 4.78 is 39.7. The van der Waals surface area contributed by atoms with Gasteiger partial charge in [0.15, 0.2) is 0 Å². The van der Waals surface area contributed by atoms with Gasteiger partial charge in [0.25, 0.3) is 0 Å². The standard InChI is InChI=1S/C12H13BrF3N3/c13-8-3-9(12(14,15)16)11(18-5-8)19-2-1-7-4-17-6-10(7)19/h3,5,7,10,17H,1-2,4,6H2/t7-,10+/m0/s1. The lowest BCUT2D eigenvalue weighted by atomic mass is 10.1. The monoisotopic (exact) mass is 335 g/mol. The van der Waals surface area contributed by atoms with Gasteiger partial charge in [-0.25, -0.2) is 4.98 Å². The van der Waals surface area contributed by atoms with Gasteiger partial charge in [0.1, 0.15) is 5.82 Å².